The fraction of sp³-hybridized carbons (Fsp3) is 0.409. The lowest BCUT2D eigenvalue weighted by molar-refractivity contribution is -0.123. The summed E-state index contributed by atoms with van der Waals surface area (Å²) >= 11 is 0. The van der Waals surface area contributed by atoms with E-state index in [4.69, 9.17) is 4.74 Å². The van der Waals surface area contributed by atoms with Crippen molar-refractivity contribution in [3.8, 4) is 5.75 Å². The summed E-state index contributed by atoms with van der Waals surface area (Å²) in [6, 6.07) is 16.7. The maximum absolute atomic E-state index is 12.1. The summed E-state index contributed by atoms with van der Waals surface area (Å²) in [5, 5.41) is 3.02. The molecule has 1 aliphatic carbocycles. The first-order valence-corrected chi connectivity index (χ1v) is 9.28. The predicted molar refractivity (Wildman–Crippen MR) is 101 cm³/mol. The molecule has 0 heterocycles. The van der Waals surface area contributed by atoms with Crippen molar-refractivity contribution in [2.75, 3.05) is 6.61 Å². The van der Waals surface area contributed by atoms with E-state index < -0.39 is 0 Å². The molecular formula is C22H27NO2. The fourth-order valence-corrected chi connectivity index (χ4v) is 3.36. The Labute approximate surface area is 150 Å². The van der Waals surface area contributed by atoms with Gasteiger partial charge in [0.05, 0.1) is 0 Å². The third kappa shape index (κ3) is 5.35. The minimum Gasteiger partial charge on any atom is -0.484 e. The van der Waals surface area contributed by atoms with Gasteiger partial charge in [0.15, 0.2) is 6.61 Å². The van der Waals surface area contributed by atoms with E-state index in [1.165, 1.54) is 29.5 Å². The smallest absolute Gasteiger partial charge is 0.258 e. The molecule has 1 aliphatic rings. The van der Waals surface area contributed by atoms with Crippen molar-refractivity contribution in [3.63, 3.8) is 0 Å². The Morgan fingerprint density at radius 1 is 1.08 bits per heavy atom. The molecule has 0 radical (unpaired) electrons. The third-order valence-electron chi connectivity index (χ3n) is 4.81. The van der Waals surface area contributed by atoms with Crippen LogP contribution in [0.3, 0.4) is 0 Å². The van der Waals surface area contributed by atoms with Crippen molar-refractivity contribution in [2.45, 2.75) is 51.5 Å². The first kappa shape index (κ1) is 17.5. The van der Waals surface area contributed by atoms with E-state index in [9.17, 15) is 4.79 Å². The van der Waals surface area contributed by atoms with Crippen LogP contribution in [0.2, 0.25) is 0 Å². The molecule has 0 aromatic heterocycles. The normalized spacial score (nSPS) is 14.4. The molecule has 0 spiro atoms. The van der Waals surface area contributed by atoms with Gasteiger partial charge in [-0.3, -0.25) is 4.79 Å². The van der Waals surface area contributed by atoms with Crippen LogP contribution >= 0.6 is 0 Å². The van der Waals surface area contributed by atoms with Gasteiger partial charge in [0, 0.05) is 6.04 Å². The Bertz CT molecular complexity index is 696. The highest BCUT2D eigenvalue weighted by atomic mass is 16.5. The summed E-state index contributed by atoms with van der Waals surface area (Å²) in [4.78, 5) is 12.1. The van der Waals surface area contributed by atoms with Gasteiger partial charge < -0.3 is 10.1 Å². The average Bonchev–Trinajstić information content (AvgIpc) is 2.65. The molecule has 1 amide bonds. The zero-order chi connectivity index (χ0) is 17.5. The Balaban J connectivity index is 1.41. The molecule has 1 unspecified atom stereocenters. The molecule has 0 saturated carbocycles. The standard InChI is InChI=1S/C22H27NO2/c1-17(11-12-18-7-3-2-4-8-18)23-22(24)16-25-21-14-13-19-9-5-6-10-20(19)15-21/h2-4,7-8,13-15,17H,5-6,9-12,16H2,1H3,(H,23,24). The molecule has 2 aromatic rings. The van der Waals surface area contributed by atoms with Crippen LogP contribution in [0.1, 0.15) is 42.9 Å². The number of rotatable bonds is 7. The molecule has 0 aliphatic heterocycles. The van der Waals surface area contributed by atoms with Gasteiger partial charge in [0.25, 0.3) is 5.91 Å². The highest BCUT2D eigenvalue weighted by Crippen LogP contribution is 2.25. The summed E-state index contributed by atoms with van der Waals surface area (Å²) in [5.74, 6) is 0.742. The van der Waals surface area contributed by atoms with Crippen LogP contribution < -0.4 is 10.1 Å². The molecular weight excluding hydrogens is 310 g/mol. The Hall–Kier alpha value is -2.29. The minimum atomic E-state index is -0.0571. The monoisotopic (exact) mass is 337 g/mol. The van der Waals surface area contributed by atoms with Crippen molar-refractivity contribution in [1.82, 2.24) is 5.32 Å². The van der Waals surface area contributed by atoms with Crippen LogP contribution in [0.25, 0.3) is 0 Å². The molecule has 0 bridgehead atoms. The largest absolute Gasteiger partial charge is 0.484 e. The van der Waals surface area contributed by atoms with Crippen LogP contribution in [0.5, 0.6) is 5.75 Å². The highest BCUT2D eigenvalue weighted by Gasteiger charge is 2.12. The molecule has 0 saturated heterocycles. The van der Waals surface area contributed by atoms with Gasteiger partial charge in [-0.25, -0.2) is 0 Å². The van der Waals surface area contributed by atoms with Crippen LogP contribution in [-0.2, 0) is 24.1 Å². The van der Waals surface area contributed by atoms with E-state index in [2.05, 4.69) is 29.6 Å². The van der Waals surface area contributed by atoms with Crippen molar-refractivity contribution < 1.29 is 9.53 Å². The van der Waals surface area contributed by atoms with Gasteiger partial charge in [-0.2, -0.15) is 0 Å². The van der Waals surface area contributed by atoms with Gasteiger partial charge >= 0.3 is 0 Å². The van der Waals surface area contributed by atoms with E-state index in [0.717, 1.165) is 31.4 Å². The first-order valence-electron chi connectivity index (χ1n) is 9.28. The number of carbonyl (C=O) groups excluding carboxylic acids is 1. The number of benzene rings is 2. The van der Waals surface area contributed by atoms with Crippen LogP contribution in [-0.4, -0.2) is 18.6 Å². The Morgan fingerprint density at radius 2 is 1.84 bits per heavy atom. The minimum absolute atomic E-state index is 0.0571. The maximum Gasteiger partial charge on any atom is 0.258 e. The number of aryl methyl sites for hydroxylation is 3. The number of hydrogen-bond acceptors (Lipinski definition) is 2. The van der Waals surface area contributed by atoms with Gasteiger partial charge in [0.1, 0.15) is 5.75 Å². The maximum atomic E-state index is 12.1. The van der Waals surface area contributed by atoms with E-state index in [1.807, 2.05) is 31.2 Å². The number of carbonyl (C=O) groups is 1. The second-order valence-electron chi connectivity index (χ2n) is 6.92. The summed E-state index contributed by atoms with van der Waals surface area (Å²) in [6.07, 6.45) is 6.69. The summed E-state index contributed by atoms with van der Waals surface area (Å²) in [6.45, 7) is 2.12. The lowest BCUT2D eigenvalue weighted by atomic mass is 9.92. The molecule has 2 aromatic carbocycles. The molecule has 1 N–H and O–H groups in total. The van der Waals surface area contributed by atoms with Gasteiger partial charge in [-0.1, -0.05) is 36.4 Å². The second kappa shape index (κ2) is 8.70. The zero-order valence-electron chi connectivity index (χ0n) is 15.0. The molecule has 132 valence electrons. The second-order valence-corrected chi connectivity index (χ2v) is 6.92. The van der Waals surface area contributed by atoms with Gasteiger partial charge in [-0.05, 0) is 74.3 Å². The number of nitrogens with one attached hydrogen (secondary N) is 1. The average molecular weight is 337 g/mol. The highest BCUT2D eigenvalue weighted by molar-refractivity contribution is 5.77. The van der Waals surface area contributed by atoms with Crippen molar-refractivity contribution in [1.29, 1.82) is 0 Å². The predicted octanol–water partition coefficient (Wildman–Crippen LogP) is 4.08. The molecule has 0 fully saturated rings. The lowest BCUT2D eigenvalue weighted by Crippen LogP contribution is -2.36. The molecule has 1 atom stereocenters. The zero-order valence-corrected chi connectivity index (χ0v) is 15.0. The van der Waals surface area contributed by atoms with Crippen molar-refractivity contribution >= 4 is 5.91 Å². The number of amides is 1. The van der Waals surface area contributed by atoms with E-state index >= 15 is 0 Å². The first-order chi connectivity index (χ1) is 12.2. The fourth-order valence-electron chi connectivity index (χ4n) is 3.36. The van der Waals surface area contributed by atoms with Gasteiger partial charge in [0.2, 0.25) is 0 Å². The van der Waals surface area contributed by atoms with Crippen molar-refractivity contribution in [3.05, 3.63) is 65.2 Å². The lowest BCUT2D eigenvalue weighted by Gasteiger charge is -2.17. The van der Waals surface area contributed by atoms with Crippen LogP contribution in [0, 0.1) is 0 Å². The number of hydrogen-bond donors (Lipinski definition) is 1. The molecule has 3 heteroatoms. The van der Waals surface area contributed by atoms with E-state index in [1.54, 1.807) is 0 Å². The Kier molecular flexibility index (Phi) is 6.10. The SMILES string of the molecule is CC(CCc1ccccc1)NC(=O)COc1ccc2c(c1)CCCC2. The number of ether oxygens (including phenoxy) is 1. The van der Waals surface area contributed by atoms with E-state index in [-0.39, 0.29) is 18.6 Å². The molecule has 3 rings (SSSR count). The number of fused-ring (bicyclic) bond motifs is 1. The summed E-state index contributed by atoms with van der Waals surface area (Å²) in [7, 11) is 0. The topological polar surface area (TPSA) is 38.3 Å². The third-order valence-corrected chi connectivity index (χ3v) is 4.81. The summed E-state index contributed by atoms with van der Waals surface area (Å²) in [5.41, 5.74) is 4.10. The molecule has 25 heavy (non-hydrogen) atoms. The van der Waals surface area contributed by atoms with Crippen LogP contribution in [0.4, 0.5) is 0 Å². The van der Waals surface area contributed by atoms with Crippen molar-refractivity contribution in [2.24, 2.45) is 0 Å². The Morgan fingerprint density at radius 3 is 2.64 bits per heavy atom. The summed E-state index contributed by atoms with van der Waals surface area (Å²) < 4.78 is 5.69. The molecule has 3 nitrogen and oxygen atoms in total. The van der Waals surface area contributed by atoms with Crippen LogP contribution in [0.15, 0.2) is 48.5 Å². The van der Waals surface area contributed by atoms with Gasteiger partial charge in [-0.15, -0.1) is 0 Å². The van der Waals surface area contributed by atoms with E-state index in [0.29, 0.717) is 0 Å². The quantitative estimate of drug-likeness (QED) is 0.827.